The summed E-state index contributed by atoms with van der Waals surface area (Å²) in [6.07, 6.45) is 2.84. The first kappa shape index (κ1) is 18.9. The number of hydrogen-bond acceptors (Lipinski definition) is 3. The van der Waals surface area contributed by atoms with Crippen molar-refractivity contribution in [3.8, 4) is 0 Å². The lowest BCUT2D eigenvalue weighted by molar-refractivity contribution is -0.111. The van der Waals surface area contributed by atoms with Crippen molar-refractivity contribution in [3.63, 3.8) is 0 Å². The molecule has 2 aromatic carbocycles. The largest absolute Gasteiger partial charge is 0.368 e. The van der Waals surface area contributed by atoms with Gasteiger partial charge in [0.05, 0.1) is 13.2 Å². The highest BCUT2D eigenvalue weighted by molar-refractivity contribution is 6.00. The summed E-state index contributed by atoms with van der Waals surface area (Å²) in [5.41, 5.74) is 2.93. The molecule has 0 saturated heterocycles. The van der Waals surface area contributed by atoms with Gasteiger partial charge in [0.25, 0.3) is 5.91 Å². The molecule has 0 aromatic heterocycles. The molecule has 140 valence electrons. The number of amides is 2. The summed E-state index contributed by atoms with van der Waals surface area (Å²) in [6, 6.07) is 15.1. The molecule has 2 amide bonds. The molecule has 5 heteroatoms. The SMILES string of the molecule is C=CC(=O)Nc1cccc(C(=O)NCC2(CC)OCCc3ccccc32)c1. The zero-order valence-electron chi connectivity index (χ0n) is 15.5. The van der Waals surface area contributed by atoms with Crippen LogP contribution in [0.2, 0.25) is 0 Å². The Morgan fingerprint density at radius 1 is 1.22 bits per heavy atom. The van der Waals surface area contributed by atoms with Gasteiger partial charge in [0, 0.05) is 11.3 Å². The fourth-order valence-electron chi connectivity index (χ4n) is 3.44. The van der Waals surface area contributed by atoms with E-state index in [1.54, 1.807) is 24.3 Å². The zero-order valence-corrected chi connectivity index (χ0v) is 15.5. The Labute approximate surface area is 159 Å². The van der Waals surface area contributed by atoms with Crippen LogP contribution in [0.25, 0.3) is 0 Å². The fourth-order valence-corrected chi connectivity index (χ4v) is 3.44. The van der Waals surface area contributed by atoms with Crippen LogP contribution in [-0.4, -0.2) is 25.0 Å². The van der Waals surface area contributed by atoms with E-state index in [0.717, 1.165) is 18.4 Å². The number of anilines is 1. The molecular formula is C22H24N2O3. The van der Waals surface area contributed by atoms with E-state index in [2.05, 4.69) is 36.3 Å². The number of hydrogen-bond donors (Lipinski definition) is 2. The van der Waals surface area contributed by atoms with Gasteiger partial charge in [-0.2, -0.15) is 0 Å². The van der Waals surface area contributed by atoms with Crippen LogP contribution in [0.1, 0.15) is 34.8 Å². The Balaban J connectivity index is 1.74. The normalized spacial score (nSPS) is 18.3. The lowest BCUT2D eigenvalue weighted by atomic mass is 9.84. The molecule has 2 N–H and O–H groups in total. The third kappa shape index (κ3) is 4.09. The van der Waals surface area contributed by atoms with Crippen LogP contribution in [0.5, 0.6) is 0 Å². The molecule has 1 atom stereocenters. The van der Waals surface area contributed by atoms with Crippen molar-refractivity contribution in [3.05, 3.63) is 77.9 Å². The summed E-state index contributed by atoms with van der Waals surface area (Å²) in [5, 5.41) is 5.66. The number of fused-ring (bicyclic) bond motifs is 1. The highest BCUT2D eigenvalue weighted by atomic mass is 16.5. The predicted molar refractivity (Wildman–Crippen MR) is 106 cm³/mol. The van der Waals surface area contributed by atoms with Crippen molar-refractivity contribution in [2.45, 2.75) is 25.4 Å². The second-order valence-electron chi connectivity index (χ2n) is 6.56. The minimum Gasteiger partial charge on any atom is -0.368 e. The van der Waals surface area contributed by atoms with Crippen molar-refractivity contribution in [2.24, 2.45) is 0 Å². The lowest BCUT2D eigenvalue weighted by Crippen LogP contribution is -2.45. The summed E-state index contributed by atoms with van der Waals surface area (Å²) in [5.74, 6) is -0.520. The highest BCUT2D eigenvalue weighted by Crippen LogP contribution is 2.35. The number of carbonyl (C=O) groups excluding carboxylic acids is 2. The van der Waals surface area contributed by atoms with Gasteiger partial charge in [-0.05, 0) is 48.2 Å². The molecule has 1 aliphatic rings. The first-order valence-corrected chi connectivity index (χ1v) is 9.12. The molecule has 0 bridgehead atoms. The van der Waals surface area contributed by atoms with Crippen LogP contribution >= 0.6 is 0 Å². The number of carbonyl (C=O) groups is 2. The van der Waals surface area contributed by atoms with Gasteiger partial charge in [-0.3, -0.25) is 9.59 Å². The van der Waals surface area contributed by atoms with E-state index in [1.807, 2.05) is 12.1 Å². The summed E-state index contributed by atoms with van der Waals surface area (Å²) >= 11 is 0. The molecule has 3 rings (SSSR count). The van der Waals surface area contributed by atoms with Crippen LogP contribution in [0.3, 0.4) is 0 Å². The molecule has 5 nitrogen and oxygen atoms in total. The van der Waals surface area contributed by atoms with E-state index in [-0.39, 0.29) is 11.8 Å². The second-order valence-corrected chi connectivity index (χ2v) is 6.56. The van der Waals surface area contributed by atoms with Gasteiger partial charge >= 0.3 is 0 Å². The molecule has 1 heterocycles. The van der Waals surface area contributed by atoms with Crippen LogP contribution in [0.15, 0.2) is 61.2 Å². The Hall–Kier alpha value is -2.92. The third-order valence-corrected chi connectivity index (χ3v) is 4.94. The Kier molecular flexibility index (Phi) is 5.72. The molecule has 1 aliphatic heterocycles. The van der Waals surface area contributed by atoms with Gasteiger partial charge in [-0.1, -0.05) is 43.8 Å². The Bertz CT molecular complexity index is 862. The van der Waals surface area contributed by atoms with Gasteiger partial charge in [0.2, 0.25) is 5.91 Å². The van der Waals surface area contributed by atoms with Crippen LogP contribution in [-0.2, 0) is 21.6 Å². The van der Waals surface area contributed by atoms with Crippen LogP contribution < -0.4 is 10.6 Å². The van der Waals surface area contributed by atoms with E-state index in [4.69, 9.17) is 4.74 Å². The summed E-state index contributed by atoms with van der Waals surface area (Å²) in [4.78, 5) is 24.1. The maximum absolute atomic E-state index is 12.7. The van der Waals surface area contributed by atoms with E-state index in [0.29, 0.717) is 24.4 Å². The summed E-state index contributed by atoms with van der Waals surface area (Å²) in [6.45, 7) is 6.53. The van der Waals surface area contributed by atoms with E-state index in [9.17, 15) is 9.59 Å². The highest BCUT2D eigenvalue weighted by Gasteiger charge is 2.36. The minimum atomic E-state index is -0.515. The maximum Gasteiger partial charge on any atom is 0.251 e. The van der Waals surface area contributed by atoms with Gasteiger partial charge < -0.3 is 15.4 Å². The third-order valence-electron chi connectivity index (χ3n) is 4.94. The zero-order chi connectivity index (χ0) is 19.3. The van der Waals surface area contributed by atoms with E-state index >= 15 is 0 Å². The Morgan fingerprint density at radius 2 is 2.04 bits per heavy atom. The van der Waals surface area contributed by atoms with Gasteiger partial charge in [-0.25, -0.2) is 0 Å². The standard InChI is InChI=1S/C22H24N2O3/c1-3-20(25)24-18-10-7-9-17(14-18)21(26)23-15-22(4-2)19-11-6-5-8-16(19)12-13-27-22/h3,5-11,14H,1,4,12-13,15H2,2H3,(H,23,26)(H,24,25). The molecule has 2 aromatic rings. The minimum absolute atomic E-state index is 0.204. The van der Waals surface area contributed by atoms with Gasteiger partial charge in [-0.15, -0.1) is 0 Å². The topological polar surface area (TPSA) is 67.4 Å². The summed E-state index contributed by atoms with van der Waals surface area (Å²) in [7, 11) is 0. The molecule has 0 spiro atoms. The summed E-state index contributed by atoms with van der Waals surface area (Å²) < 4.78 is 6.14. The fraction of sp³-hybridized carbons (Fsp3) is 0.273. The monoisotopic (exact) mass is 364 g/mol. The van der Waals surface area contributed by atoms with Crippen LogP contribution in [0.4, 0.5) is 5.69 Å². The average Bonchev–Trinajstić information content (AvgIpc) is 2.72. The number of nitrogens with one attached hydrogen (secondary N) is 2. The number of benzene rings is 2. The van der Waals surface area contributed by atoms with Crippen molar-refractivity contribution in [1.29, 1.82) is 0 Å². The smallest absolute Gasteiger partial charge is 0.251 e. The predicted octanol–water partition coefficient (Wildman–Crippen LogP) is 3.42. The molecule has 0 saturated carbocycles. The van der Waals surface area contributed by atoms with Crippen molar-refractivity contribution >= 4 is 17.5 Å². The van der Waals surface area contributed by atoms with Gasteiger partial charge in [0.1, 0.15) is 5.60 Å². The van der Waals surface area contributed by atoms with Crippen molar-refractivity contribution in [2.75, 3.05) is 18.5 Å². The number of rotatable bonds is 6. The number of ether oxygens (including phenoxy) is 1. The van der Waals surface area contributed by atoms with Crippen LogP contribution in [0, 0.1) is 0 Å². The van der Waals surface area contributed by atoms with E-state index in [1.165, 1.54) is 11.6 Å². The first-order chi connectivity index (χ1) is 13.1. The Morgan fingerprint density at radius 3 is 2.81 bits per heavy atom. The quantitative estimate of drug-likeness (QED) is 0.772. The van der Waals surface area contributed by atoms with Crippen molar-refractivity contribution in [1.82, 2.24) is 5.32 Å². The molecule has 1 unspecified atom stereocenters. The second kappa shape index (κ2) is 8.18. The molecule has 0 aliphatic carbocycles. The lowest BCUT2D eigenvalue weighted by Gasteiger charge is -2.38. The van der Waals surface area contributed by atoms with E-state index < -0.39 is 5.60 Å². The maximum atomic E-state index is 12.7. The van der Waals surface area contributed by atoms with Crippen molar-refractivity contribution < 1.29 is 14.3 Å². The average molecular weight is 364 g/mol. The molecular weight excluding hydrogens is 340 g/mol. The first-order valence-electron chi connectivity index (χ1n) is 9.12. The van der Waals surface area contributed by atoms with Gasteiger partial charge in [0.15, 0.2) is 0 Å². The molecule has 0 radical (unpaired) electrons. The molecule has 0 fully saturated rings. The molecule has 27 heavy (non-hydrogen) atoms.